The maximum atomic E-state index is 12.8. The Labute approximate surface area is 197 Å². The highest BCUT2D eigenvalue weighted by molar-refractivity contribution is 5.87. The largest absolute Gasteiger partial charge is 0.481 e. The zero-order chi connectivity index (χ0) is 24.3. The first-order valence-corrected chi connectivity index (χ1v) is 11.0. The van der Waals surface area contributed by atoms with E-state index in [0.29, 0.717) is 0 Å². The first kappa shape index (κ1) is 23.3. The molecule has 3 unspecified atom stereocenters. The van der Waals surface area contributed by atoms with Crippen LogP contribution in [0.25, 0.3) is 11.1 Å². The van der Waals surface area contributed by atoms with E-state index >= 15 is 0 Å². The van der Waals surface area contributed by atoms with Gasteiger partial charge in [-0.05, 0) is 29.2 Å². The topological polar surface area (TPSA) is 114 Å². The number of ether oxygens (including phenoxy) is 2. The average Bonchev–Trinajstić information content (AvgIpc) is 3.36. The molecule has 0 saturated carbocycles. The zero-order valence-electron chi connectivity index (χ0n) is 18.7. The number of nitrogens with one attached hydrogen (secondary N) is 2. The standard InChI is InChI=1S/C26H26N2O6/c1-3-8-21(23(29)28-22-14-33-15-26(22,2)24(30)31)27-25(32)34-13-20-18-11-6-4-9-16(18)17-10-5-7-12-19(17)20/h1,4-7,9-12,20-22H,8,13-15H2,2H3,(H,27,32)(H,28,29)(H,30,31). The van der Waals surface area contributed by atoms with Crippen LogP contribution < -0.4 is 10.6 Å². The van der Waals surface area contributed by atoms with Crippen LogP contribution in [0.3, 0.4) is 0 Å². The normalized spacial score (nSPS) is 21.6. The van der Waals surface area contributed by atoms with Gasteiger partial charge in [0.25, 0.3) is 0 Å². The smallest absolute Gasteiger partial charge is 0.407 e. The molecule has 8 heteroatoms. The first-order valence-electron chi connectivity index (χ1n) is 11.0. The Bertz CT molecular complexity index is 1110. The van der Waals surface area contributed by atoms with Crippen molar-refractivity contribution in [3.63, 3.8) is 0 Å². The summed E-state index contributed by atoms with van der Waals surface area (Å²) >= 11 is 0. The van der Waals surface area contributed by atoms with E-state index < -0.39 is 35.5 Å². The predicted octanol–water partition coefficient (Wildman–Crippen LogP) is 2.52. The van der Waals surface area contributed by atoms with Crippen molar-refractivity contribution in [2.24, 2.45) is 5.41 Å². The molecule has 1 aliphatic carbocycles. The van der Waals surface area contributed by atoms with Gasteiger partial charge < -0.3 is 25.2 Å². The number of benzene rings is 2. The van der Waals surface area contributed by atoms with Gasteiger partial charge in [0.15, 0.2) is 0 Å². The Morgan fingerprint density at radius 3 is 2.38 bits per heavy atom. The van der Waals surface area contributed by atoms with Crippen molar-refractivity contribution in [3.05, 3.63) is 59.7 Å². The SMILES string of the molecule is C#CCC(NC(=O)OCC1c2ccccc2-c2ccccc21)C(=O)NC1COCC1(C)C(=O)O. The highest BCUT2D eigenvalue weighted by Gasteiger charge is 2.47. The van der Waals surface area contributed by atoms with Gasteiger partial charge in [0, 0.05) is 12.3 Å². The van der Waals surface area contributed by atoms with Crippen LogP contribution in [0.4, 0.5) is 4.79 Å². The number of hydrogen-bond acceptors (Lipinski definition) is 5. The first-order chi connectivity index (χ1) is 16.3. The number of fused-ring (bicyclic) bond motifs is 3. The number of rotatable bonds is 7. The number of carbonyl (C=O) groups is 3. The van der Waals surface area contributed by atoms with Gasteiger partial charge in [-0.3, -0.25) is 9.59 Å². The molecule has 2 aromatic rings. The number of aliphatic carboxylic acids is 1. The molecule has 3 atom stereocenters. The van der Waals surface area contributed by atoms with E-state index in [9.17, 15) is 19.5 Å². The van der Waals surface area contributed by atoms with Crippen molar-refractivity contribution in [3.8, 4) is 23.5 Å². The Morgan fingerprint density at radius 1 is 1.18 bits per heavy atom. The molecule has 3 N–H and O–H groups in total. The maximum Gasteiger partial charge on any atom is 0.407 e. The van der Waals surface area contributed by atoms with Crippen LogP contribution in [0.2, 0.25) is 0 Å². The van der Waals surface area contributed by atoms with Crippen molar-refractivity contribution >= 4 is 18.0 Å². The summed E-state index contributed by atoms with van der Waals surface area (Å²) in [6.45, 7) is 1.63. The summed E-state index contributed by atoms with van der Waals surface area (Å²) in [5.41, 5.74) is 3.10. The third-order valence-corrected chi connectivity index (χ3v) is 6.53. The molecule has 2 amide bonds. The minimum absolute atomic E-state index is 0.0209. The molecule has 1 heterocycles. The van der Waals surface area contributed by atoms with Gasteiger partial charge in [-0.1, -0.05) is 48.5 Å². The van der Waals surface area contributed by atoms with E-state index in [1.54, 1.807) is 0 Å². The Balaban J connectivity index is 1.40. The molecule has 176 valence electrons. The molecule has 0 spiro atoms. The van der Waals surface area contributed by atoms with Crippen molar-refractivity contribution in [1.29, 1.82) is 0 Å². The minimum atomic E-state index is -1.26. The van der Waals surface area contributed by atoms with Gasteiger partial charge >= 0.3 is 12.1 Å². The van der Waals surface area contributed by atoms with E-state index in [1.807, 2.05) is 48.5 Å². The summed E-state index contributed by atoms with van der Waals surface area (Å²) < 4.78 is 10.8. The summed E-state index contributed by atoms with van der Waals surface area (Å²) in [4.78, 5) is 37.0. The third-order valence-electron chi connectivity index (χ3n) is 6.53. The van der Waals surface area contributed by atoms with Crippen LogP contribution in [-0.4, -0.2) is 55.0 Å². The van der Waals surface area contributed by atoms with E-state index in [1.165, 1.54) is 6.92 Å². The zero-order valence-corrected chi connectivity index (χ0v) is 18.7. The fourth-order valence-electron chi connectivity index (χ4n) is 4.47. The van der Waals surface area contributed by atoms with Crippen LogP contribution in [0.15, 0.2) is 48.5 Å². The molecule has 0 radical (unpaired) electrons. The molecule has 1 aliphatic heterocycles. The van der Waals surface area contributed by atoms with Crippen LogP contribution in [0.5, 0.6) is 0 Å². The number of alkyl carbamates (subject to hydrolysis) is 1. The van der Waals surface area contributed by atoms with E-state index in [2.05, 4.69) is 16.6 Å². The lowest BCUT2D eigenvalue weighted by atomic mass is 9.85. The van der Waals surface area contributed by atoms with Gasteiger partial charge in [-0.15, -0.1) is 12.3 Å². The van der Waals surface area contributed by atoms with Gasteiger partial charge in [-0.2, -0.15) is 0 Å². The summed E-state index contributed by atoms with van der Waals surface area (Å²) in [6.07, 6.45) is 4.54. The van der Waals surface area contributed by atoms with E-state index in [-0.39, 0.29) is 32.2 Å². The summed E-state index contributed by atoms with van der Waals surface area (Å²) in [6, 6.07) is 14.1. The predicted molar refractivity (Wildman–Crippen MR) is 124 cm³/mol. The molecule has 1 saturated heterocycles. The van der Waals surface area contributed by atoms with Crippen LogP contribution >= 0.6 is 0 Å². The lowest BCUT2D eigenvalue weighted by Crippen LogP contribution is -2.55. The number of carbonyl (C=O) groups excluding carboxylic acids is 2. The van der Waals surface area contributed by atoms with Crippen molar-refractivity contribution < 1.29 is 29.0 Å². The summed E-state index contributed by atoms with van der Waals surface area (Å²) in [5, 5.41) is 14.7. The second-order valence-corrected chi connectivity index (χ2v) is 8.73. The van der Waals surface area contributed by atoms with Gasteiger partial charge in [-0.25, -0.2) is 4.79 Å². The minimum Gasteiger partial charge on any atom is -0.481 e. The van der Waals surface area contributed by atoms with Crippen molar-refractivity contribution in [1.82, 2.24) is 10.6 Å². The number of carboxylic acid groups (broad SMARTS) is 1. The maximum absolute atomic E-state index is 12.8. The Morgan fingerprint density at radius 2 is 1.79 bits per heavy atom. The van der Waals surface area contributed by atoms with E-state index in [4.69, 9.17) is 15.9 Å². The van der Waals surface area contributed by atoms with Crippen molar-refractivity contribution in [2.45, 2.75) is 31.3 Å². The van der Waals surface area contributed by atoms with Gasteiger partial charge in [0.2, 0.25) is 5.91 Å². The second kappa shape index (κ2) is 9.57. The van der Waals surface area contributed by atoms with Crippen LogP contribution in [-0.2, 0) is 19.1 Å². The summed E-state index contributed by atoms with van der Waals surface area (Å²) in [7, 11) is 0. The molecule has 8 nitrogen and oxygen atoms in total. The fourth-order valence-corrected chi connectivity index (χ4v) is 4.47. The molecule has 2 aliphatic rings. The molecule has 0 aromatic heterocycles. The molecular formula is C26H26N2O6. The third kappa shape index (κ3) is 4.35. The lowest BCUT2D eigenvalue weighted by Gasteiger charge is -2.27. The monoisotopic (exact) mass is 462 g/mol. The summed E-state index contributed by atoms with van der Waals surface area (Å²) in [5.74, 6) is 0.582. The fraction of sp³-hybridized carbons (Fsp3) is 0.346. The van der Waals surface area contributed by atoms with Crippen LogP contribution in [0.1, 0.15) is 30.4 Å². The number of carboxylic acids is 1. The highest BCUT2D eigenvalue weighted by Crippen LogP contribution is 2.44. The molecule has 0 bridgehead atoms. The number of amides is 2. The average molecular weight is 463 g/mol. The quantitative estimate of drug-likeness (QED) is 0.545. The highest BCUT2D eigenvalue weighted by atomic mass is 16.5. The molecule has 4 rings (SSSR count). The molecule has 2 aromatic carbocycles. The van der Waals surface area contributed by atoms with Crippen molar-refractivity contribution in [2.75, 3.05) is 19.8 Å². The number of hydrogen-bond donors (Lipinski definition) is 3. The number of terminal acetylenes is 1. The molecule has 34 heavy (non-hydrogen) atoms. The molecular weight excluding hydrogens is 436 g/mol. The molecule has 1 fully saturated rings. The lowest BCUT2D eigenvalue weighted by molar-refractivity contribution is -0.149. The Kier molecular flexibility index (Phi) is 6.57. The van der Waals surface area contributed by atoms with Crippen LogP contribution in [0, 0.1) is 17.8 Å². The van der Waals surface area contributed by atoms with Gasteiger partial charge in [0.05, 0.1) is 19.3 Å². The Hall–Kier alpha value is -3.83. The second-order valence-electron chi connectivity index (χ2n) is 8.73. The van der Waals surface area contributed by atoms with Gasteiger partial charge in [0.1, 0.15) is 18.1 Å². The van der Waals surface area contributed by atoms with E-state index in [0.717, 1.165) is 22.3 Å².